The van der Waals surface area contributed by atoms with E-state index >= 15 is 0 Å². The molecule has 0 saturated heterocycles. The van der Waals surface area contributed by atoms with E-state index in [4.69, 9.17) is 0 Å². The van der Waals surface area contributed by atoms with Crippen LogP contribution in [0.1, 0.15) is 41.7 Å². The van der Waals surface area contributed by atoms with Crippen LogP contribution in [0.5, 0.6) is 0 Å². The van der Waals surface area contributed by atoms with E-state index in [1.54, 1.807) is 0 Å². The van der Waals surface area contributed by atoms with Gasteiger partial charge in [0, 0.05) is 5.41 Å². The molecule has 132 valence electrons. The standard InChI is InChI=1S/C27H24/c1-18-15-25-26(22-12-8-7-11-21(18)22)23-14-13-20(17-24(23)27(25,2)3)16-19-9-5-4-6-10-19/h4-15,17H,16H2,1-3H3. The normalized spacial score (nSPS) is 14.2. The van der Waals surface area contributed by atoms with Gasteiger partial charge in [-0.1, -0.05) is 92.7 Å². The maximum atomic E-state index is 2.44. The summed E-state index contributed by atoms with van der Waals surface area (Å²) >= 11 is 0. The Kier molecular flexibility index (Phi) is 3.52. The number of aryl methyl sites for hydroxylation is 1. The van der Waals surface area contributed by atoms with E-state index in [0.29, 0.717) is 0 Å². The van der Waals surface area contributed by atoms with E-state index in [-0.39, 0.29) is 5.41 Å². The van der Waals surface area contributed by atoms with Gasteiger partial charge in [0.05, 0.1) is 0 Å². The predicted octanol–water partition coefficient (Wildman–Crippen LogP) is 7.05. The molecule has 4 aromatic rings. The molecule has 0 amide bonds. The van der Waals surface area contributed by atoms with E-state index in [2.05, 4.69) is 99.6 Å². The summed E-state index contributed by atoms with van der Waals surface area (Å²) < 4.78 is 0. The molecule has 0 spiro atoms. The Morgan fingerprint density at radius 3 is 2.15 bits per heavy atom. The molecular weight excluding hydrogens is 324 g/mol. The first-order valence-electron chi connectivity index (χ1n) is 9.76. The quantitative estimate of drug-likeness (QED) is 0.364. The lowest BCUT2D eigenvalue weighted by molar-refractivity contribution is 0.659. The van der Waals surface area contributed by atoms with Crippen LogP contribution in [0.4, 0.5) is 0 Å². The summed E-state index contributed by atoms with van der Waals surface area (Å²) in [7, 11) is 0. The molecule has 0 atom stereocenters. The third-order valence-corrected chi connectivity index (χ3v) is 6.20. The second kappa shape index (κ2) is 5.82. The highest BCUT2D eigenvalue weighted by atomic mass is 14.4. The van der Waals surface area contributed by atoms with Gasteiger partial charge in [-0.25, -0.2) is 0 Å². The van der Waals surface area contributed by atoms with Gasteiger partial charge in [-0.05, 0) is 63.1 Å². The van der Waals surface area contributed by atoms with Crippen LogP contribution in [-0.2, 0) is 11.8 Å². The summed E-state index contributed by atoms with van der Waals surface area (Å²) in [6.07, 6.45) is 0.986. The summed E-state index contributed by atoms with van der Waals surface area (Å²) in [5.74, 6) is 0. The molecule has 1 aliphatic rings. The highest BCUT2D eigenvalue weighted by Crippen LogP contribution is 2.52. The van der Waals surface area contributed by atoms with Gasteiger partial charge in [-0.15, -0.1) is 0 Å². The van der Waals surface area contributed by atoms with Crippen LogP contribution >= 0.6 is 0 Å². The average Bonchev–Trinajstić information content (AvgIpc) is 2.90. The topological polar surface area (TPSA) is 0 Å². The third kappa shape index (κ3) is 2.44. The molecule has 0 radical (unpaired) electrons. The first kappa shape index (κ1) is 16.3. The van der Waals surface area contributed by atoms with Gasteiger partial charge in [0.2, 0.25) is 0 Å². The number of benzene rings is 4. The van der Waals surface area contributed by atoms with Crippen molar-refractivity contribution in [2.75, 3.05) is 0 Å². The third-order valence-electron chi connectivity index (χ3n) is 6.20. The number of hydrogen-bond donors (Lipinski definition) is 0. The van der Waals surface area contributed by atoms with Crippen LogP contribution in [-0.4, -0.2) is 0 Å². The van der Waals surface area contributed by atoms with Crippen molar-refractivity contribution < 1.29 is 0 Å². The molecule has 4 aromatic carbocycles. The van der Waals surface area contributed by atoms with Gasteiger partial charge in [-0.3, -0.25) is 0 Å². The molecule has 0 fully saturated rings. The van der Waals surface area contributed by atoms with Gasteiger partial charge in [0.25, 0.3) is 0 Å². The smallest absolute Gasteiger partial charge is 0.0159 e. The molecular formula is C27H24. The molecule has 1 aliphatic carbocycles. The molecule has 0 nitrogen and oxygen atoms in total. The summed E-state index contributed by atoms with van der Waals surface area (Å²) in [6, 6.07) is 29.1. The molecule has 0 heteroatoms. The molecule has 0 aromatic heterocycles. The van der Waals surface area contributed by atoms with Crippen LogP contribution < -0.4 is 0 Å². The Bertz CT molecular complexity index is 1160. The van der Waals surface area contributed by atoms with Crippen molar-refractivity contribution in [2.24, 2.45) is 0 Å². The first-order chi connectivity index (χ1) is 13.1. The molecule has 0 N–H and O–H groups in total. The second-order valence-corrected chi connectivity index (χ2v) is 8.33. The Labute approximate surface area is 161 Å². The van der Waals surface area contributed by atoms with E-state index in [0.717, 1.165) is 6.42 Å². The fraction of sp³-hybridized carbons (Fsp3) is 0.185. The number of rotatable bonds is 2. The van der Waals surface area contributed by atoms with Crippen LogP contribution in [0.25, 0.3) is 21.9 Å². The highest BCUT2D eigenvalue weighted by molar-refractivity contribution is 6.03. The summed E-state index contributed by atoms with van der Waals surface area (Å²) in [6.45, 7) is 6.98. The zero-order chi connectivity index (χ0) is 18.6. The number of fused-ring (bicyclic) bond motifs is 5. The SMILES string of the molecule is Cc1cc2c(c3ccccc13)-c1ccc(Cc3ccccc3)cc1C2(C)C. The minimum Gasteiger partial charge on any atom is -0.0622 e. The Morgan fingerprint density at radius 1 is 0.667 bits per heavy atom. The molecule has 0 aliphatic heterocycles. The predicted molar refractivity (Wildman–Crippen MR) is 115 cm³/mol. The minimum absolute atomic E-state index is 0.0339. The minimum atomic E-state index is 0.0339. The monoisotopic (exact) mass is 348 g/mol. The van der Waals surface area contributed by atoms with Crippen LogP contribution in [0.2, 0.25) is 0 Å². The fourth-order valence-electron chi connectivity index (χ4n) is 4.75. The van der Waals surface area contributed by atoms with Crippen molar-refractivity contribution in [3.8, 4) is 11.1 Å². The second-order valence-electron chi connectivity index (χ2n) is 8.33. The zero-order valence-corrected chi connectivity index (χ0v) is 16.2. The largest absolute Gasteiger partial charge is 0.0622 e. The van der Waals surface area contributed by atoms with Crippen molar-refractivity contribution >= 4 is 10.8 Å². The molecule has 5 rings (SSSR count). The average molecular weight is 348 g/mol. The van der Waals surface area contributed by atoms with E-state index in [1.807, 2.05) is 0 Å². The lowest BCUT2D eigenvalue weighted by atomic mass is 9.80. The first-order valence-corrected chi connectivity index (χ1v) is 9.76. The number of hydrogen-bond acceptors (Lipinski definition) is 0. The van der Waals surface area contributed by atoms with Gasteiger partial charge in [-0.2, -0.15) is 0 Å². The van der Waals surface area contributed by atoms with Crippen molar-refractivity contribution in [2.45, 2.75) is 32.6 Å². The van der Waals surface area contributed by atoms with Gasteiger partial charge in [0.15, 0.2) is 0 Å². The maximum Gasteiger partial charge on any atom is 0.0159 e. The van der Waals surface area contributed by atoms with Crippen LogP contribution in [0.3, 0.4) is 0 Å². The van der Waals surface area contributed by atoms with Crippen molar-refractivity contribution in [1.29, 1.82) is 0 Å². The molecule has 0 heterocycles. The van der Waals surface area contributed by atoms with Crippen molar-refractivity contribution in [3.63, 3.8) is 0 Å². The zero-order valence-electron chi connectivity index (χ0n) is 16.2. The summed E-state index contributed by atoms with van der Waals surface area (Å²) in [4.78, 5) is 0. The van der Waals surface area contributed by atoms with Crippen LogP contribution in [0, 0.1) is 6.92 Å². The molecule has 0 saturated carbocycles. The van der Waals surface area contributed by atoms with Gasteiger partial charge in [0.1, 0.15) is 0 Å². The maximum absolute atomic E-state index is 2.44. The van der Waals surface area contributed by atoms with E-state index < -0.39 is 0 Å². The molecule has 0 bridgehead atoms. The lowest BCUT2D eigenvalue weighted by Crippen LogP contribution is -2.15. The summed E-state index contributed by atoms with van der Waals surface area (Å²) in [5.41, 5.74) is 9.92. The van der Waals surface area contributed by atoms with Crippen molar-refractivity contribution in [1.82, 2.24) is 0 Å². The van der Waals surface area contributed by atoms with Gasteiger partial charge < -0.3 is 0 Å². The molecule has 27 heavy (non-hydrogen) atoms. The summed E-state index contributed by atoms with van der Waals surface area (Å²) in [5, 5.41) is 2.75. The molecule has 0 unspecified atom stereocenters. The highest BCUT2D eigenvalue weighted by Gasteiger charge is 2.36. The fourth-order valence-corrected chi connectivity index (χ4v) is 4.75. The van der Waals surface area contributed by atoms with E-state index in [1.165, 1.54) is 49.7 Å². The van der Waals surface area contributed by atoms with Crippen molar-refractivity contribution in [3.05, 3.63) is 107 Å². The Morgan fingerprint density at radius 2 is 1.37 bits per heavy atom. The van der Waals surface area contributed by atoms with Crippen LogP contribution in [0.15, 0.2) is 78.9 Å². The Hall–Kier alpha value is -2.86. The Balaban J connectivity index is 1.71. The lowest BCUT2D eigenvalue weighted by Gasteiger charge is -2.23. The van der Waals surface area contributed by atoms with Gasteiger partial charge >= 0.3 is 0 Å². The van der Waals surface area contributed by atoms with E-state index in [9.17, 15) is 0 Å².